The van der Waals surface area contributed by atoms with Crippen LogP contribution in [0.1, 0.15) is 0 Å². The zero-order valence-corrected chi connectivity index (χ0v) is 9.89. The first-order chi connectivity index (χ1) is 7.45. The fraction of sp³-hybridized carbons (Fsp3) is 0. The molecule has 1 aliphatic rings. The molecule has 2 aromatic rings. The van der Waals surface area contributed by atoms with Crippen molar-refractivity contribution < 1.29 is 0 Å². The molecular weight excluding hydrogens is 247 g/mol. The molecule has 0 aliphatic carbocycles. The molecule has 0 fully saturated rings. The van der Waals surface area contributed by atoms with Gasteiger partial charge >= 0.3 is 94.3 Å². The summed E-state index contributed by atoms with van der Waals surface area (Å²) in [5, 5.41) is 5.48. The van der Waals surface area contributed by atoms with Gasteiger partial charge in [-0.05, 0) is 0 Å². The molecule has 0 atom stereocenters. The van der Waals surface area contributed by atoms with Crippen LogP contribution in [0.3, 0.4) is 0 Å². The molecule has 72 valence electrons. The van der Waals surface area contributed by atoms with E-state index in [2.05, 4.69) is 58.5 Å². The number of rotatable bonds is 0. The summed E-state index contributed by atoms with van der Waals surface area (Å²) in [5.74, 6) is 0. The van der Waals surface area contributed by atoms with Gasteiger partial charge in [-0.15, -0.1) is 0 Å². The molecular formula is C14H10Se. The minimum absolute atomic E-state index is 0.475. The van der Waals surface area contributed by atoms with Gasteiger partial charge in [-0.2, -0.15) is 0 Å². The molecule has 1 aliphatic heterocycles. The van der Waals surface area contributed by atoms with Gasteiger partial charge in [0.15, 0.2) is 0 Å². The van der Waals surface area contributed by atoms with Gasteiger partial charge in [0.05, 0.1) is 0 Å². The maximum atomic E-state index is 2.35. The van der Waals surface area contributed by atoms with Crippen molar-refractivity contribution >= 4 is 24.9 Å². The summed E-state index contributed by atoms with van der Waals surface area (Å²) in [7, 11) is 0. The molecule has 15 heavy (non-hydrogen) atoms. The minimum atomic E-state index is 0.475. The second kappa shape index (κ2) is 3.69. The Morgan fingerprint density at radius 2 is 1.07 bits per heavy atom. The standard InChI is InChI=1S/C14H10Se/c1-3-7-13-11(5-1)9-15-10-12-6-2-4-8-14(12)13/h1-10H. The fourth-order valence-electron chi connectivity index (χ4n) is 1.87. The molecule has 1 heteroatoms. The zero-order valence-electron chi connectivity index (χ0n) is 8.18. The number of benzene rings is 2. The first-order valence-corrected chi connectivity index (χ1v) is 6.93. The quantitative estimate of drug-likeness (QED) is 0.621. The van der Waals surface area contributed by atoms with Crippen LogP contribution in [0.4, 0.5) is 0 Å². The summed E-state index contributed by atoms with van der Waals surface area (Å²) >= 11 is 0.475. The van der Waals surface area contributed by atoms with E-state index in [1.807, 2.05) is 0 Å². The summed E-state index contributed by atoms with van der Waals surface area (Å²) in [4.78, 5) is 4.70. The monoisotopic (exact) mass is 258 g/mol. The van der Waals surface area contributed by atoms with Crippen LogP contribution in [0.15, 0.2) is 48.5 Å². The summed E-state index contributed by atoms with van der Waals surface area (Å²) in [6.45, 7) is 0. The van der Waals surface area contributed by atoms with Crippen molar-refractivity contribution in [1.29, 1.82) is 0 Å². The van der Waals surface area contributed by atoms with Gasteiger partial charge in [0.25, 0.3) is 0 Å². The van der Waals surface area contributed by atoms with Crippen LogP contribution in [-0.4, -0.2) is 15.0 Å². The Balaban J connectivity index is 2.73. The molecule has 0 aromatic heterocycles. The van der Waals surface area contributed by atoms with Crippen molar-refractivity contribution in [2.45, 2.75) is 0 Å². The zero-order chi connectivity index (χ0) is 10.1. The van der Waals surface area contributed by atoms with Gasteiger partial charge in [0, 0.05) is 0 Å². The molecule has 0 saturated heterocycles. The van der Waals surface area contributed by atoms with E-state index in [4.69, 9.17) is 0 Å². The van der Waals surface area contributed by atoms with Gasteiger partial charge < -0.3 is 0 Å². The predicted molar refractivity (Wildman–Crippen MR) is 64.5 cm³/mol. The van der Waals surface area contributed by atoms with E-state index in [0.29, 0.717) is 15.0 Å². The normalized spacial score (nSPS) is 12.8. The molecule has 1 heterocycles. The fourth-order valence-corrected chi connectivity index (χ4v) is 3.49. The number of hydrogen-bond acceptors (Lipinski definition) is 0. The second-order valence-corrected chi connectivity index (χ2v) is 5.11. The summed E-state index contributed by atoms with van der Waals surface area (Å²) in [5.41, 5.74) is 0. The van der Waals surface area contributed by atoms with Crippen LogP contribution in [0.25, 0.3) is 9.95 Å². The van der Waals surface area contributed by atoms with Gasteiger partial charge in [0.2, 0.25) is 0 Å². The van der Waals surface area contributed by atoms with Crippen LogP contribution in [0, 0.1) is 10.4 Å². The van der Waals surface area contributed by atoms with Crippen molar-refractivity contribution in [1.82, 2.24) is 0 Å². The van der Waals surface area contributed by atoms with Crippen LogP contribution in [-0.2, 0) is 0 Å². The molecule has 0 N–H and O–H groups in total. The van der Waals surface area contributed by atoms with E-state index in [1.54, 1.807) is 0 Å². The average molecular weight is 257 g/mol. The Morgan fingerprint density at radius 1 is 0.600 bits per heavy atom. The molecule has 0 radical (unpaired) electrons. The van der Waals surface area contributed by atoms with Crippen molar-refractivity contribution in [3.63, 3.8) is 0 Å². The van der Waals surface area contributed by atoms with E-state index in [-0.39, 0.29) is 0 Å². The second-order valence-electron chi connectivity index (χ2n) is 3.55. The average Bonchev–Trinajstić information content (AvgIpc) is 2.48. The van der Waals surface area contributed by atoms with Crippen LogP contribution in [0.2, 0.25) is 0 Å². The third kappa shape index (κ3) is 1.54. The Bertz CT molecular complexity index is 637. The molecule has 3 rings (SSSR count). The predicted octanol–water partition coefficient (Wildman–Crippen LogP) is 1.17. The Kier molecular flexibility index (Phi) is 2.21. The first kappa shape index (κ1) is 8.96. The van der Waals surface area contributed by atoms with E-state index in [1.165, 1.54) is 20.9 Å². The van der Waals surface area contributed by atoms with E-state index in [9.17, 15) is 0 Å². The Hall–Kier alpha value is -1.30. The van der Waals surface area contributed by atoms with E-state index >= 15 is 0 Å². The van der Waals surface area contributed by atoms with Crippen LogP contribution >= 0.6 is 0 Å². The first-order valence-electron chi connectivity index (χ1n) is 4.95. The van der Waals surface area contributed by atoms with Gasteiger partial charge in [0.1, 0.15) is 0 Å². The molecule has 0 amide bonds. The van der Waals surface area contributed by atoms with Crippen LogP contribution in [0.5, 0.6) is 0 Å². The van der Waals surface area contributed by atoms with Gasteiger partial charge in [-0.3, -0.25) is 0 Å². The molecule has 0 spiro atoms. The molecule has 2 aromatic carbocycles. The van der Waals surface area contributed by atoms with Crippen molar-refractivity contribution in [3.8, 4) is 0 Å². The van der Waals surface area contributed by atoms with E-state index < -0.39 is 0 Å². The third-order valence-electron chi connectivity index (χ3n) is 2.60. The molecule has 0 unspecified atom stereocenters. The molecule has 0 saturated carbocycles. The SMILES string of the molecule is C1=c2ccccc2=c2ccccc2=C[Se]1. The molecule has 0 nitrogen and oxygen atoms in total. The summed E-state index contributed by atoms with van der Waals surface area (Å²) in [6, 6.07) is 17.3. The van der Waals surface area contributed by atoms with Crippen molar-refractivity contribution in [3.05, 3.63) is 69.4 Å². The Morgan fingerprint density at radius 3 is 1.60 bits per heavy atom. The number of fused-ring (bicyclic) bond motifs is 2. The summed E-state index contributed by atoms with van der Waals surface area (Å²) in [6.07, 6.45) is 0. The number of hydrogen-bond donors (Lipinski definition) is 0. The summed E-state index contributed by atoms with van der Waals surface area (Å²) < 4.78 is 0. The van der Waals surface area contributed by atoms with Crippen molar-refractivity contribution in [2.75, 3.05) is 0 Å². The van der Waals surface area contributed by atoms with E-state index in [0.717, 1.165) is 0 Å². The van der Waals surface area contributed by atoms with Gasteiger partial charge in [-0.25, -0.2) is 0 Å². The van der Waals surface area contributed by atoms with Crippen LogP contribution < -0.4 is 10.4 Å². The van der Waals surface area contributed by atoms with Crippen molar-refractivity contribution in [2.24, 2.45) is 0 Å². The van der Waals surface area contributed by atoms with Gasteiger partial charge in [-0.1, -0.05) is 0 Å². The third-order valence-corrected chi connectivity index (χ3v) is 4.24. The Labute approximate surface area is 94.4 Å². The topological polar surface area (TPSA) is 0 Å². The maximum absolute atomic E-state index is 2.35. The molecule has 0 bridgehead atoms.